The molecule has 0 fully saturated rings. The van der Waals surface area contributed by atoms with Crippen LogP contribution in [0.5, 0.6) is 0 Å². The first-order valence-corrected chi connectivity index (χ1v) is 7.25. The molecule has 1 N–H and O–H groups in total. The van der Waals surface area contributed by atoms with E-state index in [1.54, 1.807) is 11.3 Å². The molecule has 0 bridgehead atoms. The number of thiazole rings is 1. The minimum atomic E-state index is 0.558. The van der Waals surface area contributed by atoms with Crippen LogP contribution in [0, 0.1) is 5.92 Å². The van der Waals surface area contributed by atoms with Crippen LogP contribution in [0.15, 0.2) is 10.9 Å². The van der Waals surface area contributed by atoms with E-state index in [1.165, 1.54) is 5.69 Å². The molecule has 0 aliphatic carbocycles. The van der Waals surface area contributed by atoms with Crippen molar-refractivity contribution in [2.24, 2.45) is 5.92 Å². The predicted octanol–water partition coefficient (Wildman–Crippen LogP) is 2.60. The van der Waals surface area contributed by atoms with Crippen molar-refractivity contribution in [3.63, 3.8) is 0 Å². The molecular weight excluding hydrogens is 230 g/mol. The first-order chi connectivity index (χ1) is 8.00. The van der Waals surface area contributed by atoms with Crippen molar-refractivity contribution >= 4 is 11.3 Å². The van der Waals surface area contributed by atoms with Crippen LogP contribution >= 0.6 is 11.3 Å². The fourth-order valence-electron chi connectivity index (χ4n) is 1.74. The van der Waals surface area contributed by atoms with Crippen LogP contribution in [0.1, 0.15) is 33.4 Å². The van der Waals surface area contributed by atoms with Crippen LogP contribution in [-0.4, -0.2) is 35.6 Å². The summed E-state index contributed by atoms with van der Waals surface area (Å²) in [6, 6.07) is 1.12. The van der Waals surface area contributed by atoms with Crippen molar-refractivity contribution in [1.29, 1.82) is 0 Å². The highest BCUT2D eigenvalue weighted by Crippen LogP contribution is 2.12. The second-order valence-electron chi connectivity index (χ2n) is 5.18. The maximum Gasteiger partial charge on any atom is 0.0795 e. The summed E-state index contributed by atoms with van der Waals surface area (Å²) in [6.45, 7) is 11.0. The Balaban J connectivity index is 2.37. The molecule has 3 nitrogen and oxygen atoms in total. The Labute approximate surface area is 109 Å². The molecular formula is C13H25N3S. The molecule has 0 saturated carbocycles. The topological polar surface area (TPSA) is 28.2 Å². The van der Waals surface area contributed by atoms with Crippen molar-refractivity contribution in [2.45, 2.75) is 46.3 Å². The van der Waals surface area contributed by atoms with Gasteiger partial charge in [0.2, 0.25) is 0 Å². The number of rotatable bonds is 7. The lowest BCUT2D eigenvalue weighted by atomic mass is 10.0. The average molecular weight is 255 g/mol. The predicted molar refractivity (Wildman–Crippen MR) is 75.3 cm³/mol. The number of aromatic nitrogens is 1. The molecule has 0 amide bonds. The molecule has 98 valence electrons. The Morgan fingerprint density at radius 1 is 1.35 bits per heavy atom. The molecule has 0 aliphatic heterocycles. The van der Waals surface area contributed by atoms with Crippen molar-refractivity contribution in [3.05, 3.63) is 16.6 Å². The number of nitrogens with zero attached hydrogens (tertiary/aromatic N) is 2. The molecule has 17 heavy (non-hydrogen) atoms. The first-order valence-electron chi connectivity index (χ1n) is 6.31. The largest absolute Gasteiger partial charge is 0.314 e. The summed E-state index contributed by atoms with van der Waals surface area (Å²) >= 11 is 1.67. The third kappa shape index (κ3) is 5.15. The van der Waals surface area contributed by atoms with E-state index < -0.39 is 0 Å². The minimum absolute atomic E-state index is 0.558. The summed E-state index contributed by atoms with van der Waals surface area (Å²) in [6.07, 6.45) is 0. The molecule has 0 radical (unpaired) electrons. The third-order valence-electron chi connectivity index (χ3n) is 3.26. The van der Waals surface area contributed by atoms with E-state index in [-0.39, 0.29) is 0 Å². The lowest BCUT2D eigenvalue weighted by Gasteiger charge is -2.30. The highest BCUT2D eigenvalue weighted by Gasteiger charge is 2.17. The molecule has 1 aromatic heterocycles. The molecule has 0 saturated heterocycles. The third-order valence-corrected chi connectivity index (χ3v) is 3.90. The maximum absolute atomic E-state index is 4.33. The van der Waals surface area contributed by atoms with E-state index in [9.17, 15) is 0 Å². The van der Waals surface area contributed by atoms with Gasteiger partial charge in [-0.3, -0.25) is 4.90 Å². The summed E-state index contributed by atoms with van der Waals surface area (Å²) in [4.78, 5) is 6.71. The standard InChI is InChI=1S/C13H25N3S/c1-10(2)14-6-11(3)12(4)16(5)7-13-8-17-9-15-13/h8-12,14H,6-7H2,1-5H3. The van der Waals surface area contributed by atoms with E-state index >= 15 is 0 Å². The van der Waals surface area contributed by atoms with Gasteiger partial charge in [0.05, 0.1) is 11.2 Å². The van der Waals surface area contributed by atoms with E-state index in [0.29, 0.717) is 18.0 Å². The molecule has 0 spiro atoms. The molecule has 1 heterocycles. The van der Waals surface area contributed by atoms with Crippen LogP contribution < -0.4 is 5.32 Å². The Bertz CT molecular complexity index is 298. The smallest absolute Gasteiger partial charge is 0.0795 e. The summed E-state index contributed by atoms with van der Waals surface area (Å²) < 4.78 is 0. The van der Waals surface area contributed by atoms with Crippen LogP contribution in [0.25, 0.3) is 0 Å². The summed E-state index contributed by atoms with van der Waals surface area (Å²) in [5.74, 6) is 0.640. The number of hydrogen-bond donors (Lipinski definition) is 1. The SMILES string of the molecule is CC(C)NCC(C)C(C)N(C)Cc1cscn1. The molecule has 0 aromatic carbocycles. The van der Waals surface area contributed by atoms with E-state index in [0.717, 1.165) is 13.1 Å². The van der Waals surface area contributed by atoms with Gasteiger partial charge in [0.25, 0.3) is 0 Å². The Hall–Kier alpha value is -0.450. The summed E-state index contributed by atoms with van der Waals surface area (Å²) in [5.41, 5.74) is 3.07. The second kappa shape index (κ2) is 7.09. The Morgan fingerprint density at radius 2 is 2.06 bits per heavy atom. The molecule has 1 aromatic rings. The first kappa shape index (κ1) is 14.6. The molecule has 2 atom stereocenters. The van der Waals surface area contributed by atoms with Gasteiger partial charge in [-0.2, -0.15) is 0 Å². The van der Waals surface area contributed by atoms with Crippen molar-refractivity contribution in [3.8, 4) is 0 Å². The van der Waals surface area contributed by atoms with Crippen LogP contribution in [0.3, 0.4) is 0 Å². The van der Waals surface area contributed by atoms with Gasteiger partial charge in [0.15, 0.2) is 0 Å². The van der Waals surface area contributed by atoms with Gasteiger partial charge in [-0.15, -0.1) is 11.3 Å². The van der Waals surface area contributed by atoms with Crippen LogP contribution in [0.4, 0.5) is 0 Å². The van der Waals surface area contributed by atoms with E-state index in [2.05, 4.69) is 55.3 Å². The normalized spacial score (nSPS) is 15.5. The molecule has 4 heteroatoms. The number of nitrogens with one attached hydrogen (secondary N) is 1. The van der Waals surface area contributed by atoms with E-state index in [1.807, 2.05) is 5.51 Å². The van der Waals surface area contributed by atoms with Gasteiger partial charge >= 0.3 is 0 Å². The van der Waals surface area contributed by atoms with Gasteiger partial charge in [0, 0.05) is 24.0 Å². The Kier molecular flexibility index (Phi) is 6.09. The lowest BCUT2D eigenvalue weighted by molar-refractivity contribution is 0.185. The average Bonchev–Trinajstić information content (AvgIpc) is 2.77. The van der Waals surface area contributed by atoms with Crippen molar-refractivity contribution < 1.29 is 0 Å². The lowest BCUT2D eigenvalue weighted by Crippen LogP contribution is -2.40. The molecule has 0 aliphatic rings. The van der Waals surface area contributed by atoms with Crippen LogP contribution in [-0.2, 0) is 6.54 Å². The summed E-state index contributed by atoms with van der Waals surface area (Å²) in [5, 5.41) is 5.62. The van der Waals surface area contributed by atoms with Crippen molar-refractivity contribution in [2.75, 3.05) is 13.6 Å². The maximum atomic E-state index is 4.33. The highest BCUT2D eigenvalue weighted by molar-refractivity contribution is 7.07. The number of hydrogen-bond acceptors (Lipinski definition) is 4. The fourth-order valence-corrected chi connectivity index (χ4v) is 2.29. The van der Waals surface area contributed by atoms with Gasteiger partial charge < -0.3 is 5.32 Å². The zero-order valence-electron chi connectivity index (χ0n) is 11.6. The monoisotopic (exact) mass is 255 g/mol. The minimum Gasteiger partial charge on any atom is -0.314 e. The summed E-state index contributed by atoms with van der Waals surface area (Å²) in [7, 11) is 2.18. The Morgan fingerprint density at radius 3 is 2.59 bits per heavy atom. The van der Waals surface area contributed by atoms with Crippen molar-refractivity contribution in [1.82, 2.24) is 15.2 Å². The van der Waals surface area contributed by atoms with Gasteiger partial charge in [-0.1, -0.05) is 20.8 Å². The fraction of sp³-hybridized carbons (Fsp3) is 0.769. The quantitative estimate of drug-likeness (QED) is 0.812. The second-order valence-corrected chi connectivity index (χ2v) is 5.89. The van der Waals surface area contributed by atoms with Gasteiger partial charge in [0.1, 0.15) is 0 Å². The van der Waals surface area contributed by atoms with Crippen LogP contribution in [0.2, 0.25) is 0 Å². The highest BCUT2D eigenvalue weighted by atomic mass is 32.1. The zero-order valence-corrected chi connectivity index (χ0v) is 12.4. The van der Waals surface area contributed by atoms with Gasteiger partial charge in [-0.05, 0) is 26.4 Å². The molecule has 1 rings (SSSR count). The molecule has 2 unspecified atom stereocenters. The van der Waals surface area contributed by atoms with E-state index in [4.69, 9.17) is 0 Å². The zero-order chi connectivity index (χ0) is 12.8. The van der Waals surface area contributed by atoms with Gasteiger partial charge in [-0.25, -0.2) is 4.98 Å².